The number of ketones is 1. The number of carbonyl (C=O) groups is 2. The first-order valence-electron chi connectivity index (χ1n) is 6.53. The number of hydrogen-bond donors (Lipinski definition) is 0. The van der Waals surface area contributed by atoms with Crippen molar-refractivity contribution in [3.8, 4) is 0 Å². The van der Waals surface area contributed by atoms with Crippen LogP contribution in [-0.4, -0.2) is 43.5 Å². The molecule has 1 aromatic rings. The van der Waals surface area contributed by atoms with Gasteiger partial charge in [0.2, 0.25) is 5.91 Å². The number of sulfone groups is 1. The molecule has 114 valence electrons. The van der Waals surface area contributed by atoms with Gasteiger partial charge in [-0.1, -0.05) is 0 Å². The van der Waals surface area contributed by atoms with Crippen LogP contribution in [0.1, 0.15) is 23.7 Å². The summed E-state index contributed by atoms with van der Waals surface area (Å²) < 4.78 is 23.2. The Labute approximate surface area is 128 Å². The number of rotatable bonds is 4. The van der Waals surface area contributed by atoms with Gasteiger partial charge in [0, 0.05) is 11.3 Å². The number of halogens is 1. The molecule has 0 aromatic heterocycles. The smallest absolute Gasteiger partial charge is 0.242 e. The zero-order valence-electron chi connectivity index (χ0n) is 11.6. The SMILES string of the molecule is CC(=O)c1ccc(N(C(=O)CCl)C2CCS(=O)(=O)C2)cc1. The van der Waals surface area contributed by atoms with Crippen molar-refractivity contribution in [2.24, 2.45) is 0 Å². The van der Waals surface area contributed by atoms with Gasteiger partial charge in [-0.15, -0.1) is 11.6 Å². The average Bonchev–Trinajstić information content (AvgIpc) is 2.79. The quantitative estimate of drug-likeness (QED) is 0.622. The molecule has 1 aliphatic heterocycles. The number of benzene rings is 1. The summed E-state index contributed by atoms with van der Waals surface area (Å²) in [6.07, 6.45) is 0.402. The molecule has 0 N–H and O–H groups in total. The van der Waals surface area contributed by atoms with Crippen molar-refractivity contribution >= 4 is 38.8 Å². The van der Waals surface area contributed by atoms with E-state index in [0.29, 0.717) is 17.7 Å². The maximum absolute atomic E-state index is 12.1. The van der Waals surface area contributed by atoms with Crippen LogP contribution in [0.4, 0.5) is 5.69 Å². The van der Waals surface area contributed by atoms with Crippen LogP contribution in [0.2, 0.25) is 0 Å². The minimum absolute atomic E-state index is 0.0515. The average molecular weight is 330 g/mol. The highest BCUT2D eigenvalue weighted by atomic mass is 35.5. The number of amides is 1. The van der Waals surface area contributed by atoms with Crippen LogP contribution < -0.4 is 4.90 Å². The monoisotopic (exact) mass is 329 g/mol. The van der Waals surface area contributed by atoms with Crippen LogP contribution in [0.15, 0.2) is 24.3 Å². The van der Waals surface area contributed by atoms with Crippen LogP contribution >= 0.6 is 11.6 Å². The van der Waals surface area contributed by atoms with Crippen LogP contribution in [0.3, 0.4) is 0 Å². The predicted molar refractivity (Wildman–Crippen MR) is 81.7 cm³/mol. The van der Waals surface area contributed by atoms with E-state index in [0.717, 1.165) is 0 Å². The first kappa shape index (κ1) is 16.0. The van der Waals surface area contributed by atoms with E-state index < -0.39 is 15.9 Å². The van der Waals surface area contributed by atoms with E-state index in [9.17, 15) is 18.0 Å². The fourth-order valence-electron chi connectivity index (χ4n) is 2.46. The first-order chi connectivity index (χ1) is 9.84. The van der Waals surface area contributed by atoms with Gasteiger partial charge < -0.3 is 4.90 Å². The Morgan fingerprint density at radius 3 is 2.33 bits per heavy atom. The number of alkyl halides is 1. The summed E-state index contributed by atoms with van der Waals surface area (Å²) >= 11 is 5.63. The van der Waals surface area contributed by atoms with E-state index in [1.807, 2.05) is 0 Å². The lowest BCUT2D eigenvalue weighted by Crippen LogP contribution is -2.42. The van der Waals surface area contributed by atoms with Crippen molar-refractivity contribution in [3.05, 3.63) is 29.8 Å². The lowest BCUT2D eigenvalue weighted by molar-refractivity contribution is -0.116. The van der Waals surface area contributed by atoms with Gasteiger partial charge in [-0.3, -0.25) is 9.59 Å². The molecule has 0 radical (unpaired) electrons. The number of anilines is 1. The summed E-state index contributed by atoms with van der Waals surface area (Å²) in [5, 5.41) is 0. The minimum atomic E-state index is -3.10. The molecule has 0 bridgehead atoms. The van der Waals surface area contributed by atoms with Crippen LogP contribution in [0.25, 0.3) is 0 Å². The molecule has 21 heavy (non-hydrogen) atoms. The van der Waals surface area contributed by atoms with Gasteiger partial charge in [-0.2, -0.15) is 0 Å². The lowest BCUT2D eigenvalue weighted by atomic mass is 10.1. The largest absolute Gasteiger partial charge is 0.307 e. The molecule has 1 heterocycles. The third kappa shape index (κ3) is 3.63. The van der Waals surface area contributed by atoms with Crippen molar-refractivity contribution in [2.45, 2.75) is 19.4 Å². The summed E-state index contributed by atoms with van der Waals surface area (Å²) in [5.41, 5.74) is 1.10. The van der Waals surface area contributed by atoms with Crippen molar-refractivity contribution < 1.29 is 18.0 Å². The van der Waals surface area contributed by atoms with Gasteiger partial charge >= 0.3 is 0 Å². The number of nitrogens with zero attached hydrogens (tertiary/aromatic N) is 1. The van der Waals surface area contributed by atoms with E-state index >= 15 is 0 Å². The van der Waals surface area contributed by atoms with Gasteiger partial charge in [-0.25, -0.2) is 8.42 Å². The maximum Gasteiger partial charge on any atom is 0.242 e. The number of carbonyl (C=O) groups excluding carboxylic acids is 2. The van der Waals surface area contributed by atoms with Crippen molar-refractivity contribution in [1.82, 2.24) is 0 Å². The van der Waals surface area contributed by atoms with Gasteiger partial charge in [0.1, 0.15) is 5.88 Å². The normalized spacial score (nSPS) is 20.2. The topological polar surface area (TPSA) is 71.5 Å². The maximum atomic E-state index is 12.1. The molecule has 5 nitrogen and oxygen atoms in total. The molecule has 7 heteroatoms. The van der Waals surface area contributed by atoms with E-state index in [-0.39, 0.29) is 29.1 Å². The Kier molecular flexibility index (Phi) is 4.68. The zero-order chi connectivity index (χ0) is 15.6. The summed E-state index contributed by atoms with van der Waals surface area (Å²) in [7, 11) is -3.10. The second-order valence-corrected chi connectivity index (χ2v) is 7.55. The highest BCUT2D eigenvalue weighted by Gasteiger charge is 2.35. The van der Waals surface area contributed by atoms with Crippen LogP contribution in [0, 0.1) is 0 Å². The molecule has 0 saturated carbocycles. The fourth-order valence-corrected chi connectivity index (χ4v) is 4.29. The predicted octanol–water partition coefficient (Wildman–Crippen LogP) is 1.65. The summed E-state index contributed by atoms with van der Waals surface area (Å²) in [4.78, 5) is 24.8. The summed E-state index contributed by atoms with van der Waals surface area (Å²) in [6.45, 7) is 1.46. The molecule has 1 unspecified atom stereocenters. The minimum Gasteiger partial charge on any atom is -0.307 e. The molecule has 0 aliphatic carbocycles. The number of hydrogen-bond acceptors (Lipinski definition) is 4. The Morgan fingerprint density at radius 1 is 1.29 bits per heavy atom. The lowest BCUT2D eigenvalue weighted by Gasteiger charge is -2.27. The second-order valence-electron chi connectivity index (χ2n) is 5.06. The molecule has 1 aliphatic rings. The standard InChI is InChI=1S/C14H16ClNO4S/c1-10(17)11-2-4-12(5-3-11)16(14(18)8-15)13-6-7-21(19,20)9-13/h2-5,13H,6-9H2,1H3. The Hall–Kier alpha value is -1.40. The third-order valence-corrected chi connectivity index (χ3v) is 5.49. The van der Waals surface area contributed by atoms with Gasteiger partial charge in [0.15, 0.2) is 15.6 Å². The molecule has 1 saturated heterocycles. The van der Waals surface area contributed by atoms with Crippen molar-refractivity contribution in [2.75, 3.05) is 22.3 Å². The highest BCUT2D eigenvalue weighted by Crippen LogP contribution is 2.25. The van der Waals surface area contributed by atoms with Gasteiger partial charge in [0.05, 0.1) is 17.5 Å². The van der Waals surface area contributed by atoms with Crippen molar-refractivity contribution in [3.63, 3.8) is 0 Å². The summed E-state index contributed by atoms with van der Waals surface area (Å²) in [6, 6.07) is 6.13. The molecule has 1 atom stereocenters. The van der Waals surface area contributed by atoms with E-state index in [2.05, 4.69) is 0 Å². The highest BCUT2D eigenvalue weighted by molar-refractivity contribution is 7.91. The third-order valence-electron chi connectivity index (χ3n) is 3.51. The molecular formula is C14H16ClNO4S. The molecule has 1 fully saturated rings. The fraction of sp³-hybridized carbons (Fsp3) is 0.429. The first-order valence-corrected chi connectivity index (χ1v) is 8.89. The van der Waals surface area contributed by atoms with Crippen molar-refractivity contribution in [1.29, 1.82) is 0 Å². The Balaban J connectivity index is 2.32. The summed E-state index contributed by atoms with van der Waals surface area (Å²) in [5.74, 6) is -0.598. The molecule has 1 amide bonds. The Morgan fingerprint density at radius 2 is 1.90 bits per heavy atom. The van der Waals surface area contributed by atoms with E-state index in [1.54, 1.807) is 24.3 Å². The Bertz CT molecular complexity index is 654. The second kappa shape index (κ2) is 6.15. The van der Waals surface area contributed by atoms with Crippen LogP contribution in [-0.2, 0) is 14.6 Å². The van der Waals surface area contributed by atoms with Gasteiger partial charge in [-0.05, 0) is 37.6 Å². The van der Waals surface area contributed by atoms with E-state index in [1.165, 1.54) is 11.8 Å². The number of Topliss-reactive ketones (excluding diaryl/α,β-unsaturated/α-hetero) is 1. The van der Waals surface area contributed by atoms with Gasteiger partial charge in [0.25, 0.3) is 0 Å². The van der Waals surface area contributed by atoms with Crippen LogP contribution in [0.5, 0.6) is 0 Å². The molecule has 2 rings (SSSR count). The zero-order valence-corrected chi connectivity index (χ0v) is 13.2. The molecular weight excluding hydrogens is 314 g/mol. The van der Waals surface area contributed by atoms with E-state index in [4.69, 9.17) is 11.6 Å². The molecule has 1 aromatic carbocycles. The molecule has 0 spiro atoms.